The molecule has 3 nitrogen and oxygen atoms in total. The van der Waals surface area contributed by atoms with Crippen molar-refractivity contribution >= 4 is 23.5 Å². The molecule has 0 heterocycles. The van der Waals surface area contributed by atoms with Crippen molar-refractivity contribution in [1.82, 2.24) is 0 Å². The fourth-order valence-electron chi connectivity index (χ4n) is 2.39. The lowest BCUT2D eigenvalue weighted by Crippen LogP contribution is -1.96. The van der Waals surface area contributed by atoms with Gasteiger partial charge in [-0.05, 0) is 60.5 Å². The summed E-state index contributed by atoms with van der Waals surface area (Å²) < 4.78 is 11.2. The van der Waals surface area contributed by atoms with Crippen molar-refractivity contribution in [3.63, 3.8) is 0 Å². The van der Waals surface area contributed by atoms with Gasteiger partial charge in [0.05, 0.1) is 17.3 Å². The average Bonchev–Trinajstić information content (AvgIpc) is 2.68. The summed E-state index contributed by atoms with van der Waals surface area (Å²) in [5.74, 6) is 1.50. The zero-order valence-electron chi connectivity index (χ0n) is 14.6. The number of benzene rings is 3. The van der Waals surface area contributed by atoms with Gasteiger partial charge in [-0.1, -0.05) is 41.9 Å². The van der Waals surface area contributed by atoms with Gasteiger partial charge >= 0.3 is 0 Å². The summed E-state index contributed by atoms with van der Waals surface area (Å²) >= 11 is 6.33. The summed E-state index contributed by atoms with van der Waals surface area (Å²) in [5, 5.41) is 0.566. The minimum Gasteiger partial charge on any atom is -0.494 e. The lowest BCUT2D eigenvalue weighted by molar-refractivity contribution is 0.306. The highest BCUT2D eigenvalue weighted by molar-refractivity contribution is 6.32. The zero-order valence-corrected chi connectivity index (χ0v) is 15.3. The molecule has 0 N–H and O–H groups in total. The highest BCUT2D eigenvalue weighted by Gasteiger charge is 2.03. The van der Waals surface area contributed by atoms with Gasteiger partial charge in [-0.15, -0.1) is 0 Å². The second-order valence-corrected chi connectivity index (χ2v) is 6.06. The zero-order chi connectivity index (χ0) is 18.2. The monoisotopic (exact) mass is 365 g/mol. The maximum absolute atomic E-state index is 6.33. The number of hydrogen-bond acceptors (Lipinski definition) is 3. The van der Waals surface area contributed by atoms with Crippen molar-refractivity contribution < 1.29 is 9.47 Å². The highest BCUT2D eigenvalue weighted by atomic mass is 35.5. The van der Waals surface area contributed by atoms with E-state index in [2.05, 4.69) is 4.99 Å². The molecule has 0 aliphatic carbocycles. The van der Waals surface area contributed by atoms with Crippen molar-refractivity contribution in [2.45, 2.75) is 13.5 Å². The van der Waals surface area contributed by atoms with E-state index in [4.69, 9.17) is 21.1 Å². The van der Waals surface area contributed by atoms with E-state index in [1.54, 1.807) is 6.21 Å². The van der Waals surface area contributed by atoms with Crippen molar-refractivity contribution in [3.8, 4) is 11.5 Å². The topological polar surface area (TPSA) is 30.8 Å². The van der Waals surface area contributed by atoms with E-state index in [0.717, 1.165) is 22.6 Å². The number of nitrogens with zero attached hydrogens (tertiary/aromatic N) is 1. The van der Waals surface area contributed by atoms with Crippen LogP contribution in [0.2, 0.25) is 5.02 Å². The Balaban J connectivity index is 1.63. The van der Waals surface area contributed by atoms with Crippen LogP contribution in [0.1, 0.15) is 18.1 Å². The predicted molar refractivity (Wildman–Crippen MR) is 107 cm³/mol. The van der Waals surface area contributed by atoms with Gasteiger partial charge in [0.1, 0.15) is 18.1 Å². The van der Waals surface area contributed by atoms with E-state index in [9.17, 15) is 0 Å². The fraction of sp³-hybridized carbons (Fsp3) is 0.136. The summed E-state index contributed by atoms with van der Waals surface area (Å²) in [6, 6.07) is 23.3. The average molecular weight is 366 g/mol. The SMILES string of the molecule is CCOc1ccc(N=Cc2ccc(OCc3ccccc3)c(Cl)c2)cc1. The summed E-state index contributed by atoms with van der Waals surface area (Å²) in [5.41, 5.74) is 2.87. The molecule has 132 valence electrons. The minimum atomic E-state index is 0.486. The van der Waals surface area contributed by atoms with Gasteiger partial charge in [-0.3, -0.25) is 4.99 Å². The summed E-state index contributed by atoms with van der Waals surface area (Å²) in [4.78, 5) is 4.46. The van der Waals surface area contributed by atoms with Crippen molar-refractivity contribution in [2.75, 3.05) is 6.61 Å². The molecule has 3 aromatic carbocycles. The van der Waals surface area contributed by atoms with Crippen LogP contribution in [0.25, 0.3) is 0 Å². The van der Waals surface area contributed by atoms with Crippen LogP contribution in [0.4, 0.5) is 5.69 Å². The quantitative estimate of drug-likeness (QED) is 0.476. The van der Waals surface area contributed by atoms with Gasteiger partial charge in [-0.25, -0.2) is 0 Å². The molecule has 0 fully saturated rings. The maximum Gasteiger partial charge on any atom is 0.138 e. The Kier molecular flexibility index (Phi) is 6.29. The van der Waals surface area contributed by atoms with Crippen LogP contribution in [0.5, 0.6) is 11.5 Å². The second-order valence-electron chi connectivity index (χ2n) is 5.65. The van der Waals surface area contributed by atoms with Crippen LogP contribution >= 0.6 is 11.6 Å². The molecule has 3 aromatic rings. The molecule has 0 radical (unpaired) electrons. The molecule has 3 rings (SSSR count). The molecule has 0 atom stereocenters. The summed E-state index contributed by atoms with van der Waals surface area (Å²) in [6.45, 7) is 3.10. The Hall–Kier alpha value is -2.78. The van der Waals surface area contributed by atoms with Crippen LogP contribution in [-0.2, 0) is 6.61 Å². The fourth-order valence-corrected chi connectivity index (χ4v) is 2.64. The first-order chi connectivity index (χ1) is 12.7. The maximum atomic E-state index is 6.33. The standard InChI is InChI=1S/C22H20ClNO2/c1-2-25-20-11-9-19(10-12-20)24-15-18-8-13-22(21(23)14-18)26-16-17-6-4-3-5-7-17/h3-15H,2,16H2,1H3. The predicted octanol–water partition coefficient (Wildman–Crippen LogP) is 6.07. The Morgan fingerprint density at radius 1 is 0.923 bits per heavy atom. The van der Waals surface area contributed by atoms with Gasteiger partial charge in [0, 0.05) is 6.21 Å². The van der Waals surface area contributed by atoms with Crippen LogP contribution in [0.3, 0.4) is 0 Å². The molecular weight excluding hydrogens is 346 g/mol. The summed E-state index contributed by atoms with van der Waals surface area (Å²) in [7, 11) is 0. The first kappa shape index (κ1) is 18.0. The van der Waals surface area contributed by atoms with Gasteiger partial charge in [0.2, 0.25) is 0 Å². The molecule has 0 aromatic heterocycles. The summed E-state index contributed by atoms with van der Waals surface area (Å²) in [6.07, 6.45) is 1.78. The van der Waals surface area contributed by atoms with Crippen LogP contribution in [-0.4, -0.2) is 12.8 Å². The Morgan fingerprint density at radius 2 is 1.69 bits per heavy atom. The molecule has 0 unspecified atom stereocenters. The Bertz CT molecular complexity index is 861. The molecule has 0 spiro atoms. The van der Waals surface area contributed by atoms with E-state index in [-0.39, 0.29) is 0 Å². The number of rotatable bonds is 7. The molecule has 0 amide bonds. The minimum absolute atomic E-state index is 0.486. The van der Waals surface area contributed by atoms with E-state index in [0.29, 0.717) is 24.0 Å². The van der Waals surface area contributed by atoms with Crippen molar-refractivity contribution in [3.05, 3.63) is 88.9 Å². The number of aliphatic imine (C=N–C) groups is 1. The van der Waals surface area contributed by atoms with Gasteiger partial charge < -0.3 is 9.47 Å². The molecule has 0 saturated heterocycles. The third kappa shape index (κ3) is 5.11. The van der Waals surface area contributed by atoms with Crippen LogP contribution < -0.4 is 9.47 Å². The third-order valence-electron chi connectivity index (χ3n) is 3.70. The van der Waals surface area contributed by atoms with Crippen LogP contribution in [0.15, 0.2) is 77.8 Å². The van der Waals surface area contributed by atoms with Crippen LogP contribution in [0, 0.1) is 0 Å². The van der Waals surface area contributed by atoms with E-state index in [1.807, 2.05) is 79.7 Å². The third-order valence-corrected chi connectivity index (χ3v) is 4.00. The molecule has 0 aliphatic heterocycles. The molecule has 26 heavy (non-hydrogen) atoms. The Labute approximate surface area is 158 Å². The van der Waals surface area contributed by atoms with E-state index < -0.39 is 0 Å². The molecule has 0 bridgehead atoms. The van der Waals surface area contributed by atoms with Crippen molar-refractivity contribution in [2.24, 2.45) is 4.99 Å². The van der Waals surface area contributed by atoms with E-state index in [1.165, 1.54) is 0 Å². The molecular formula is C22H20ClNO2. The number of hydrogen-bond donors (Lipinski definition) is 0. The van der Waals surface area contributed by atoms with Gasteiger partial charge in [0.25, 0.3) is 0 Å². The Morgan fingerprint density at radius 3 is 2.38 bits per heavy atom. The molecule has 0 saturated carbocycles. The van der Waals surface area contributed by atoms with Gasteiger partial charge in [-0.2, -0.15) is 0 Å². The number of halogens is 1. The normalized spacial score (nSPS) is 10.8. The second kappa shape index (κ2) is 9.07. The smallest absolute Gasteiger partial charge is 0.138 e. The van der Waals surface area contributed by atoms with Gasteiger partial charge in [0.15, 0.2) is 0 Å². The first-order valence-electron chi connectivity index (χ1n) is 8.48. The largest absolute Gasteiger partial charge is 0.494 e. The first-order valence-corrected chi connectivity index (χ1v) is 8.85. The lowest BCUT2D eigenvalue weighted by atomic mass is 10.2. The molecule has 0 aliphatic rings. The van der Waals surface area contributed by atoms with E-state index >= 15 is 0 Å². The number of ether oxygens (including phenoxy) is 2. The molecule has 4 heteroatoms. The lowest BCUT2D eigenvalue weighted by Gasteiger charge is -2.08. The highest BCUT2D eigenvalue weighted by Crippen LogP contribution is 2.26. The van der Waals surface area contributed by atoms with Crippen molar-refractivity contribution in [1.29, 1.82) is 0 Å².